The van der Waals surface area contributed by atoms with E-state index in [4.69, 9.17) is 15.7 Å². The Morgan fingerprint density at radius 1 is 0.905 bits per heavy atom. The highest BCUT2D eigenvalue weighted by Gasteiger charge is 2.12. The number of benzene rings is 3. The number of ether oxygens (including phenoxy) is 1. The number of nitrogen functional groups attached to an aromatic ring is 1. The van der Waals surface area contributed by atoms with Crippen molar-refractivity contribution in [2.24, 2.45) is 0 Å². The standard InChI is InChI=1S/C17H11FN2O/c18-14-6-3-7-16(13(14)10-19)21-17-9-8-15(20)11-4-1-2-5-12(11)17/h1-9H,20H2. The van der Waals surface area contributed by atoms with Gasteiger partial charge in [0.05, 0.1) is 0 Å². The van der Waals surface area contributed by atoms with Crippen LogP contribution in [0.5, 0.6) is 11.5 Å². The molecule has 0 radical (unpaired) electrons. The molecule has 4 heteroatoms. The molecular formula is C17H11FN2O. The lowest BCUT2D eigenvalue weighted by Crippen LogP contribution is -1.94. The van der Waals surface area contributed by atoms with Gasteiger partial charge in [-0.15, -0.1) is 0 Å². The fourth-order valence-electron chi connectivity index (χ4n) is 2.20. The summed E-state index contributed by atoms with van der Waals surface area (Å²) >= 11 is 0. The van der Waals surface area contributed by atoms with Crippen LogP contribution in [0.15, 0.2) is 54.6 Å². The topological polar surface area (TPSA) is 59.0 Å². The van der Waals surface area contributed by atoms with Gasteiger partial charge in [0.1, 0.15) is 28.9 Å². The lowest BCUT2D eigenvalue weighted by atomic mass is 10.1. The summed E-state index contributed by atoms with van der Waals surface area (Å²) in [4.78, 5) is 0. The molecule has 102 valence electrons. The molecule has 0 aliphatic carbocycles. The van der Waals surface area contributed by atoms with E-state index in [1.807, 2.05) is 30.3 Å². The van der Waals surface area contributed by atoms with Crippen LogP contribution in [0, 0.1) is 17.1 Å². The first-order chi connectivity index (χ1) is 10.2. The molecule has 0 bridgehead atoms. The molecule has 3 aromatic carbocycles. The lowest BCUT2D eigenvalue weighted by Gasteiger charge is -2.11. The fourth-order valence-corrected chi connectivity index (χ4v) is 2.20. The largest absolute Gasteiger partial charge is 0.455 e. The van der Waals surface area contributed by atoms with Gasteiger partial charge < -0.3 is 10.5 Å². The molecule has 0 aliphatic heterocycles. The Kier molecular flexibility index (Phi) is 3.17. The van der Waals surface area contributed by atoms with Crippen molar-refractivity contribution in [2.45, 2.75) is 0 Å². The van der Waals surface area contributed by atoms with Gasteiger partial charge in [-0.3, -0.25) is 0 Å². The molecular weight excluding hydrogens is 267 g/mol. The smallest absolute Gasteiger partial charge is 0.148 e. The lowest BCUT2D eigenvalue weighted by molar-refractivity contribution is 0.479. The molecule has 0 spiro atoms. The number of hydrogen-bond acceptors (Lipinski definition) is 3. The molecule has 0 heterocycles. The Labute approximate surface area is 121 Å². The molecule has 0 fully saturated rings. The average Bonchev–Trinajstić information content (AvgIpc) is 2.51. The van der Waals surface area contributed by atoms with Crippen LogP contribution in [0.4, 0.5) is 10.1 Å². The maximum Gasteiger partial charge on any atom is 0.148 e. The van der Waals surface area contributed by atoms with E-state index < -0.39 is 5.82 Å². The van der Waals surface area contributed by atoms with E-state index in [1.54, 1.807) is 18.2 Å². The second-order valence-electron chi connectivity index (χ2n) is 4.53. The predicted octanol–water partition coefficient (Wildman–Crippen LogP) is 4.23. The number of nitrogens with two attached hydrogens (primary N) is 1. The quantitative estimate of drug-likeness (QED) is 0.714. The van der Waals surface area contributed by atoms with E-state index in [-0.39, 0.29) is 11.3 Å². The van der Waals surface area contributed by atoms with Crippen molar-refractivity contribution in [2.75, 3.05) is 5.73 Å². The minimum Gasteiger partial charge on any atom is -0.455 e. The number of nitriles is 1. The van der Waals surface area contributed by atoms with Gasteiger partial charge in [-0.25, -0.2) is 4.39 Å². The molecule has 3 nitrogen and oxygen atoms in total. The Morgan fingerprint density at radius 3 is 2.43 bits per heavy atom. The summed E-state index contributed by atoms with van der Waals surface area (Å²) in [6, 6.07) is 17.0. The van der Waals surface area contributed by atoms with E-state index in [9.17, 15) is 4.39 Å². The third-order valence-electron chi connectivity index (χ3n) is 3.22. The van der Waals surface area contributed by atoms with Crippen molar-refractivity contribution in [3.63, 3.8) is 0 Å². The number of fused-ring (bicyclic) bond motifs is 1. The van der Waals surface area contributed by atoms with Crippen molar-refractivity contribution in [1.82, 2.24) is 0 Å². The molecule has 3 aromatic rings. The molecule has 0 unspecified atom stereocenters. The third-order valence-corrected chi connectivity index (χ3v) is 3.22. The van der Waals surface area contributed by atoms with Gasteiger partial charge in [0.25, 0.3) is 0 Å². The van der Waals surface area contributed by atoms with E-state index in [2.05, 4.69) is 0 Å². The third kappa shape index (κ3) is 2.26. The second-order valence-corrected chi connectivity index (χ2v) is 4.53. The van der Waals surface area contributed by atoms with Crippen LogP contribution in [-0.2, 0) is 0 Å². The molecule has 0 amide bonds. The molecule has 0 saturated carbocycles. The number of nitrogens with zero attached hydrogens (tertiary/aromatic N) is 1. The Bertz CT molecular complexity index is 868. The van der Waals surface area contributed by atoms with Crippen molar-refractivity contribution in [3.8, 4) is 17.6 Å². The Morgan fingerprint density at radius 2 is 1.67 bits per heavy atom. The van der Waals surface area contributed by atoms with Gasteiger partial charge in [-0.05, 0) is 24.3 Å². The maximum absolute atomic E-state index is 13.6. The summed E-state index contributed by atoms with van der Waals surface area (Å²) in [5.41, 5.74) is 6.45. The van der Waals surface area contributed by atoms with Crippen molar-refractivity contribution < 1.29 is 9.13 Å². The molecule has 2 N–H and O–H groups in total. The first kappa shape index (κ1) is 12.9. The monoisotopic (exact) mass is 278 g/mol. The highest BCUT2D eigenvalue weighted by Crippen LogP contribution is 2.34. The number of rotatable bonds is 2. The SMILES string of the molecule is N#Cc1c(F)cccc1Oc1ccc(N)c2ccccc12. The van der Waals surface area contributed by atoms with Crippen molar-refractivity contribution in [3.05, 3.63) is 66.0 Å². The Balaban J connectivity index is 2.14. The highest BCUT2D eigenvalue weighted by atomic mass is 19.1. The number of anilines is 1. The van der Waals surface area contributed by atoms with E-state index >= 15 is 0 Å². The molecule has 3 rings (SSSR count). The van der Waals surface area contributed by atoms with Gasteiger partial charge in [-0.2, -0.15) is 5.26 Å². The summed E-state index contributed by atoms with van der Waals surface area (Å²) in [5, 5.41) is 10.7. The van der Waals surface area contributed by atoms with E-state index in [1.165, 1.54) is 12.1 Å². The van der Waals surface area contributed by atoms with E-state index in [0.29, 0.717) is 11.4 Å². The first-order valence-corrected chi connectivity index (χ1v) is 6.34. The van der Waals surface area contributed by atoms with Gasteiger partial charge in [0.2, 0.25) is 0 Å². The van der Waals surface area contributed by atoms with Crippen molar-refractivity contribution in [1.29, 1.82) is 5.26 Å². The van der Waals surface area contributed by atoms with Crippen LogP contribution in [0.1, 0.15) is 5.56 Å². The fraction of sp³-hybridized carbons (Fsp3) is 0. The highest BCUT2D eigenvalue weighted by molar-refractivity contribution is 5.97. The zero-order valence-corrected chi connectivity index (χ0v) is 11.0. The van der Waals surface area contributed by atoms with Gasteiger partial charge in [-0.1, -0.05) is 30.3 Å². The van der Waals surface area contributed by atoms with Gasteiger partial charge in [0.15, 0.2) is 0 Å². The van der Waals surface area contributed by atoms with Crippen LogP contribution in [0.2, 0.25) is 0 Å². The van der Waals surface area contributed by atoms with Gasteiger partial charge >= 0.3 is 0 Å². The zero-order valence-electron chi connectivity index (χ0n) is 11.0. The van der Waals surface area contributed by atoms with Crippen LogP contribution in [0.3, 0.4) is 0 Å². The van der Waals surface area contributed by atoms with Crippen LogP contribution in [-0.4, -0.2) is 0 Å². The number of hydrogen-bond donors (Lipinski definition) is 1. The maximum atomic E-state index is 13.6. The molecule has 0 saturated heterocycles. The van der Waals surface area contributed by atoms with Crippen LogP contribution >= 0.6 is 0 Å². The normalized spacial score (nSPS) is 10.3. The first-order valence-electron chi connectivity index (χ1n) is 6.34. The number of halogens is 1. The van der Waals surface area contributed by atoms with Crippen molar-refractivity contribution >= 4 is 16.5 Å². The molecule has 0 aromatic heterocycles. The summed E-state index contributed by atoms with van der Waals surface area (Å²) < 4.78 is 19.3. The average molecular weight is 278 g/mol. The van der Waals surface area contributed by atoms with Crippen LogP contribution < -0.4 is 10.5 Å². The second kappa shape index (κ2) is 5.14. The van der Waals surface area contributed by atoms with E-state index in [0.717, 1.165) is 10.8 Å². The molecule has 0 atom stereocenters. The minimum absolute atomic E-state index is 0.113. The summed E-state index contributed by atoms with van der Waals surface area (Å²) in [6.45, 7) is 0. The minimum atomic E-state index is -0.602. The van der Waals surface area contributed by atoms with Gasteiger partial charge in [0, 0.05) is 16.5 Å². The Hall–Kier alpha value is -3.06. The molecule has 21 heavy (non-hydrogen) atoms. The molecule has 0 aliphatic rings. The zero-order chi connectivity index (χ0) is 14.8. The van der Waals surface area contributed by atoms with Crippen LogP contribution in [0.25, 0.3) is 10.8 Å². The summed E-state index contributed by atoms with van der Waals surface area (Å²) in [7, 11) is 0. The summed E-state index contributed by atoms with van der Waals surface area (Å²) in [6.07, 6.45) is 0. The predicted molar refractivity (Wildman–Crippen MR) is 79.5 cm³/mol. The summed E-state index contributed by atoms with van der Waals surface area (Å²) in [5.74, 6) is 0.115.